The number of amides is 1. The molecule has 7 nitrogen and oxygen atoms in total. The molecule has 0 radical (unpaired) electrons. The first-order valence-corrected chi connectivity index (χ1v) is 14.4. The van der Waals surface area contributed by atoms with Crippen LogP contribution in [0.25, 0.3) is 10.2 Å². The highest BCUT2D eigenvalue weighted by molar-refractivity contribution is 7.98. The van der Waals surface area contributed by atoms with Crippen LogP contribution in [0.4, 0.5) is 0 Å². The van der Waals surface area contributed by atoms with Gasteiger partial charge >= 0.3 is 0 Å². The molecule has 33 heavy (non-hydrogen) atoms. The van der Waals surface area contributed by atoms with E-state index >= 15 is 0 Å². The minimum absolute atomic E-state index is 0.156. The fourth-order valence-electron chi connectivity index (χ4n) is 3.95. The lowest BCUT2D eigenvalue weighted by atomic mass is 9.99. The van der Waals surface area contributed by atoms with Crippen LogP contribution in [0.3, 0.4) is 0 Å². The maximum Gasteiger partial charge on any atom is 0.252 e. The van der Waals surface area contributed by atoms with Gasteiger partial charge in [-0.1, -0.05) is 29.5 Å². The molecule has 1 amide bonds. The van der Waals surface area contributed by atoms with E-state index in [2.05, 4.69) is 9.56 Å². The van der Waals surface area contributed by atoms with E-state index < -0.39 is 15.9 Å². The molecule has 0 aliphatic carbocycles. The Hall–Kier alpha value is -2.14. The van der Waals surface area contributed by atoms with Gasteiger partial charge in [0.2, 0.25) is 10.0 Å². The Morgan fingerprint density at radius 3 is 2.76 bits per heavy atom. The van der Waals surface area contributed by atoms with Crippen molar-refractivity contribution < 1.29 is 17.9 Å². The van der Waals surface area contributed by atoms with Crippen LogP contribution in [0.5, 0.6) is 5.75 Å². The van der Waals surface area contributed by atoms with Crippen molar-refractivity contribution in [3.8, 4) is 5.75 Å². The SMILES string of the molecule is COc1ccc2c(c1)sc(=NC(=O)C1CCCN(S(=O)(=O)c3ccccc3)C1)n2CCSC. The lowest BCUT2D eigenvalue weighted by molar-refractivity contribution is -0.122. The van der Waals surface area contributed by atoms with Crippen LogP contribution in [-0.2, 0) is 21.4 Å². The van der Waals surface area contributed by atoms with Gasteiger partial charge in [-0.15, -0.1) is 0 Å². The van der Waals surface area contributed by atoms with E-state index in [0.29, 0.717) is 24.2 Å². The molecule has 3 aromatic rings. The highest BCUT2D eigenvalue weighted by Crippen LogP contribution is 2.26. The summed E-state index contributed by atoms with van der Waals surface area (Å²) in [6.45, 7) is 1.30. The van der Waals surface area contributed by atoms with Crippen LogP contribution >= 0.6 is 23.1 Å². The van der Waals surface area contributed by atoms with Gasteiger partial charge in [0.1, 0.15) is 5.75 Å². The van der Waals surface area contributed by atoms with Crippen LogP contribution in [0.15, 0.2) is 58.4 Å². The number of ether oxygens (including phenoxy) is 1. The van der Waals surface area contributed by atoms with Gasteiger partial charge in [-0.25, -0.2) is 8.42 Å². The third-order valence-corrected chi connectivity index (χ3v) is 9.24. The summed E-state index contributed by atoms with van der Waals surface area (Å²) >= 11 is 3.19. The molecule has 1 aliphatic heterocycles. The number of sulfonamides is 1. The number of piperidine rings is 1. The van der Waals surface area contributed by atoms with E-state index in [4.69, 9.17) is 4.74 Å². The number of thioether (sulfide) groups is 1. The molecular weight excluding hydrogens is 478 g/mol. The zero-order chi connectivity index (χ0) is 23.4. The Morgan fingerprint density at radius 1 is 1.24 bits per heavy atom. The molecule has 0 saturated carbocycles. The van der Waals surface area contributed by atoms with Crippen LogP contribution in [-0.4, -0.2) is 55.4 Å². The molecule has 1 saturated heterocycles. The fourth-order valence-corrected chi connectivity index (χ4v) is 6.95. The summed E-state index contributed by atoms with van der Waals surface area (Å²) in [5, 5.41) is 0. The number of nitrogens with zero attached hydrogens (tertiary/aromatic N) is 3. The number of benzene rings is 2. The number of carbonyl (C=O) groups excluding carboxylic acids is 1. The molecule has 1 aromatic heterocycles. The quantitative estimate of drug-likeness (QED) is 0.490. The lowest BCUT2D eigenvalue weighted by Gasteiger charge is -2.30. The number of thiazole rings is 1. The van der Waals surface area contributed by atoms with Gasteiger partial charge in [0.25, 0.3) is 5.91 Å². The highest BCUT2D eigenvalue weighted by Gasteiger charge is 2.33. The average Bonchev–Trinajstić information content (AvgIpc) is 3.19. The maximum atomic E-state index is 13.2. The monoisotopic (exact) mass is 505 g/mol. The van der Waals surface area contributed by atoms with Crippen LogP contribution in [0.2, 0.25) is 0 Å². The summed E-state index contributed by atoms with van der Waals surface area (Å²) in [5.74, 6) is 0.934. The molecule has 1 atom stereocenters. The number of methoxy groups -OCH3 is 1. The van der Waals surface area contributed by atoms with Crippen molar-refractivity contribution in [2.45, 2.75) is 24.3 Å². The number of hydrogen-bond donors (Lipinski definition) is 0. The van der Waals surface area contributed by atoms with Gasteiger partial charge < -0.3 is 9.30 Å². The second-order valence-electron chi connectivity index (χ2n) is 7.83. The third kappa shape index (κ3) is 5.18. The van der Waals surface area contributed by atoms with Crippen LogP contribution in [0, 0.1) is 5.92 Å². The van der Waals surface area contributed by atoms with Crippen molar-refractivity contribution in [3.05, 3.63) is 53.3 Å². The largest absolute Gasteiger partial charge is 0.497 e. The van der Waals surface area contributed by atoms with Gasteiger partial charge in [-0.3, -0.25) is 4.79 Å². The summed E-state index contributed by atoms with van der Waals surface area (Å²) in [6, 6.07) is 14.2. The summed E-state index contributed by atoms with van der Waals surface area (Å²) < 4.78 is 35.9. The second kappa shape index (κ2) is 10.4. The Balaban J connectivity index is 1.63. The van der Waals surface area contributed by atoms with Crippen molar-refractivity contribution in [2.75, 3.05) is 32.2 Å². The summed E-state index contributed by atoms with van der Waals surface area (Å²) in [5.41, 5.74) is 1.01. The Kier molecular flexibility index (Phi) is 7.58. The molecule has 1 unspecified atom stereocenters. The summed E-state index contributed by atoms with van der Waals surface area (Å²) in [6.07, 6.45) is 3.31. The van der Waals surface area contributed by atoms with Gasteiger partial charge in [0.15, 0.2) is 4.80 Å². The predicted molar refractivity (Wildman–Crippen MR) is 133 cm³/mol. The minimum Gasteiger partial charge on any atom is -0.497 e. The zero-order valence-electron chi connectivity index (χ0n) is 18.6. The maximum absolute atomic E-state index is 13.2. The summed E-state index contributed by atoms with van der Waals surface area (Å²) in [4.78, 5) is 18.6. The molecule has 0 N–H and O–H groups in total. The molecule has 1 fully saturated rings. The van der Waals surface area contributed by atoms with Crippen molar-refractivity contribution in [3.63, 3.8) is 0 Å². The third-order valence-electron chi connectivity index (χ3n) is 5.73. The first-order chi connectivity index (χ1) is 15.9. The van der Waals surface area contributed by atoms with Gasteiger partial charge in [0, 0.05) is 25.4 Å². The van der Waals surface area contributed by atoms with E-state index in [-0.39, 0.29) is 17.3 Å². The van der Waals surface area contributed by atoms with E-state index in [1.807, 2.05) is 24.5 Å². The standard InChI is InChI=1S/C23H27N3O4S3/c1-30-18-10-11-20-21(15-18)32-23(26(20)13-14-31-2)24-22(27)17-7-6-12-25(16-17)33(28,29)19-8-4-3-5-9-19/h3-5,8-11,15,17H,6-7,12-14,16H2,1-2H3. The van der Waals surface area contributed by atoms with Crippen molar-refractivity contribution in [1.29, 1.82) is 0 Å². The Morgan fingerprint density at radius 2 is 2.03 bits per heavy atom. The van der Waals surface area contributed by atoms with Crippen molar-refractivity contribution in [2.24, 2.45) is 10.9 Å². The van der Waals surface area contributed by atoms with Crippen LogP contribution in [0.1, 0.15) is 12.8 Å². The molecule has 0 spiro atoms. The van der Waals surface area contributed by atoms with E-state index in [1.54, 1.807) is 49.2 Å². The molecule has 176 valence electrons. The molecule has 0 bridgehead atoms. The predicted octanol–water partition coefficient (Wildman–Crippen LogP) is 3.60. The topological polar surface area (TPSA) is 81.0 Å². The van der Waals surface area contributed by atoms with Crippen molar-refractivity contribution in [1.82, 2.24) is 8.87 Å². The molecular formula is C23H27N3O4S3. The molecule has 2 heterocycles. The number of fused-ring (bicyclic) bond motifs is 1. The fraction of sp³-hybridized carbons (Fsp3) is 0.391. The average molecular weight is 506 g/mol. The van der Waals surface area contributed by atoms with Crippen molar-refractivity contribution >= 4 is 49.2 Å². The Bertz CT molecular complexity index is 1300. The first-order valence-electron chi connectivity index (χ1n) is 10.7. The number of carbonyl (C=O) groups is 1. The Labute approximate surface area is 202 Å². The normalized spacial score (nSPS) is 18.0. The lowest BCUT2D eigenvalue weighted by Crippen LogP contribution is -2.42. The van der Waals surface area contributed by atoms with Gasteiger partial charge in [-0.2, -0.15) is 21.1 Å². The molecule has 1 aliphatic rings. The second-order valence-corrected chi connectivity index (χ2v) is 11.8. The zero-order valence-corrected chi connectivity index (χ0v) is 21.1. The van der Waals surface area contributed by atoms with E-state index in [1.165, 1.54) is 15.6 Å². The van der Waals surface area contributed by atoms with Gasteiger partial charge in [-0.05, 0) is 49.4 Å². The van der Waals surface area contributed by atoms with E-state index in [0.717, 1.165) is 28.3 Å². The van der Waals surface area contributed by atoms with Crippen LogP contribution < -0.4 is 9.54 Å². The number of rotatable bonds is 7. The molecule has 10 heteroatoms. The van der Waals surface area contributed by atoms with Gasteiger partial charge in [0.05, 0.1) is 28.1 Å². The molecule has 4 rings (SSSR count). The number of aryl methyl sites for hydroxylation is 1. The first kappa shape index (κ1) is 24.0. The highest BCUT2D eigenvalue weighted by atomic mass is 32.2. The number of hydrogen-bond acceptors (Lipinski definition) is 6. The summed E-state index contributed by atoms with van der Waals surface area (Å²) in [7, 11) is -2.00. The number of aromatic nitrogens is 1. The minimum atomic E-state index is -3.63. The van der Waals surface area contributed by atoms with E-state index in [9.17, 15) is 13.2 Å². The smallest absolute Gasteiger partial charge is 0.252 e. The molecule has 2 aromatic carbocycles.